The van der Waals surface area contributed by atoms with Crippen molar-refractivity contribution in [1.29, 1.82) is 0 Å². The number of aliphatic hydroxyl groups excluding tert-OH is 1. The number of aliphatic hydroxyl groups is 1. The Morgan fingerprint density at radius 2 is 1.85 bits per heavy atom. The first-order chi connectivity index (χ1) is 9.80. The average molecular weight is 270 g/mol. The van der Waals surface area contributed by atoms with Crippen molar-refractivity contribution in [3.05, 3.63) is 65.2 Å². The fourth-order valence-electron chi connectivity index (χ4n) is 2.59. The number of methoxy groups -OCH3 is 1. The van der Waals surface area contributed by atoms with Gasteiger partial charge in [0.2, 0.25) is 0 Å². The zero-order valence-electron chi connectivity index (χ0n) is 12.2. The van der Waals surface area contributed by atoms with Gasteiger partial charge in [-0.25, -0.2) is 0 Å². The van der Waals surface area contributed by atoms with Crippen LogP contribution < -0.4 is 4.74 Å². The highest BCUT2D eigenvalue weighted by atomic mass is 16.5. The third kappa shape index (κ3) is 3.20. The lowest BCUT2D eigenvalue weighted by Gasteiger charge is -2.20. The molecule has 2 aromatic rings. The fraction of sp³-hybridized carbons (Fsp3) is 0.333. The molecule has 2 nitrogen and oxygen atoms in total. The Bertz CT molecular complexity index is 534. The van der Waals surface area contributed by atoms with Gasteiger partial charge in [0.15, 0.2) is 0 Å². The van der Waals surface area contributed by atoms with Gasteiger partial charge in [-0.2, -0.15) is 0 Å². The molecule has 0 fully saturated rings. The van der Waals surface area contributed by atoms with Gasteiger partial charge in [-0.3, -0.25) is 0 Å². The monoisotopic (exact) mass is 270 g/mol. The number of benzene rings is 2. The summed E-state index contributed by atoms with van der Waals surface area (Å²) in [5, 5.41) is 9.41. The first-order valence-electron chi connectivity index (χ1n) is 7.12. The quantitative estimate of drug-likeness (QED) is 0.865. The van der Waals surface area contributed by atoms with Crippen molar-refractivity contribution in [2.24, 2.45) is 0 Å². The summed E-state index contributed by atoms with van der Waals surface area (Å²) in [6, 6.07) is 16.6. The summed E-state index contributed by atoms with van der Waals surface area (Å²) in [5.74, 6) is 1.06. The van der Waals surface area contributed by atoms with Crippen LogP contribution in [0.5, 0.6) is 5.75 Å². The third-order valence-electron chi connectivity index (χ3n) is 3.70. The highest BCUT2D eigenvalue weighted by molar-refractivity contribution is 5.44. The molecule has 0 radical (unpaired) electrons. The van der Waals surface area contributed by atoms with Gasteiger partial charge < -0.3 is 9.84 Å². The van der Waals surface area contributed by atoms with Gasteiger partial charge in [0.1, 0.15) is 5.75 Å². The Kier molecular flexibility index (Phi) is 5.19. The molecule has 2 heteroatoms. The first kappa shape index (κ1) is 14.6. The summed E-state index contributed by atoms with van der Waals surface area (Å²) in [5.41, 5.74) is 3.67. The van der Waals surface area contributed by atoms with E-state index in [2.05, 4.69) is 31.2 Å². The summed E-state index contributed by atoms with van der Waals surface area (Å²) in [4.78, 5) is 0. The topological polar surface area (TPSA) is 29.5 Å². The van der Waals surface area contributed by atoms with Crippen LogP contribution in [0.15, 0.2) is 48.5 Å². The van der Waals surface area contributed by atoms with E-state index in [4.69, 9.17) is 4.74 Å². The minimum Gasteiger partial charge on any atom is -0.496 e. The van der Waals surface area contributed by atoms with E-state index in [9.17, 15) is 5.11 Å². The van der Waals surface area contributed by atoms with Gasteiger partial charge >= 0.3 is 0 Å². The molecule has 1 atom stereocenters. The molecule has 2 rings (SSSR count). The van der Waals surface area contributed by atoms with Crippen LogP contribution in [-0.2, 0) is 6.42 Å². The summed E-state index contributed by atoms with van der Waals surface area (Å²) >= 11 is 0. The van der Waals surface area contributed by atoms with Crippen LogP contribution in [0.25, 0.3) is 0 Å². The van der Waals surface area contributed by atoms with Crippen LogP contribution in [0.4, 0.5) is 0 Å². The molecule has 0 aliphatic rings. The van der Waals surface area contributed by atoms with E-state index in [1.807, 2.05) is 24.3 Å². The van der Waals surface area contributed by atoms with Crippen molar-refractivity contribution in [1.82, 2.24) is 0 Å². The van der Waals surface area contributed by atoms with E-state index in [0.29, 0.717) is 6.42 Å². The first-order valence-corrected chi connectivity index (χ1v) is 7.12. The molecule has 0 amide bonds. The Hall–Kier alpha value is -1.80. The number of rotatable bonds is 6. The van der Waals surface area contributed by atoms with Crippen LogP contribution in [0.2, 0.25) is 0 Å². The molecule has 0 aliphatic heterocycles. The minimum atomic E-state index is 0.166. The normalized spacial score (nSPS) is 12.2. The second-order valence-electron chi connectivity index (χ2n) is 4.91. The Balaban J connectivity index is 2.48. The zero-order valence-corrected chi connectivity index (χ0v) is 12.2. The molecule has 0 aliphatic carbocycles. The summed E-state index contributed by atoms with van der Waals surface area (Å²) in [7, 11) is 1.70. The average Bonchev–Trinajstić information content (AvgIpc) is 2.53. The van der Waals surface area contributed by atoms with Gasteiger partial charge in [-0.1, -0.05) is 49.4 Å². The molecule has 0 saturated carbocycles. The molecule has 1 N–H and O–H groups in total. The Morgan fingerprint density at radius 3 is 2.45 bits per heavy atom. The number of hydrogen-bond acceptors (Lipinski definition) is 2. The highest BCUT2D eigenvalue weighted by Crippen LogP contribution is 2.35. The van der Waals surface area contributed by atoms with Crippen molar-refractivity contribution in [2.45, 2.75) is 25.7 Å². The van der Waals surface area contributed by atoms with E-state index in [0.717, 1.165) is 17.7 Å². The lowest BCUT2D eigenvalue weighted by atomic mass is 9.87. The maximum atomic E-state index is 9.41. The second-order valence-corrected chi connectivity index (χ2v) is 4.91. The van der Waals surface area contributed by atoms with Gasteiger partial charge in [-0.05, 0) is 30.0 Å². The van der Waals surface area contributed by atoms with E-state index < -0.39 is 0 Å². The van der Waals surface area contributed by atoms with Crippen LogP contribution in [0.1, 0.15) is 36.0 Å². The van der Waals surface area contributed by atoms with E-state index in [1.54, 1.807) is 7.11 Å². The van der Waals surface area contributed by atoms with Crippen LogP contribution in [0, 0.1) is 0 Å². The molecule has 106 valence electrons. The molecular weight excluding hydrogens is 248 g/mol. The Labute approximate surface area is 121 Å². The maximum Gasteiger partial charge on any atom is 0.122 e. The predicted molar refractivity (Wildman–Crippen MR) is 82.4 cm³/mol. The molecule has 0 bridgehead atoms. The number of ether oxygens (including phenoxy) is 1. The smallest absolute Gasteiger partial charge is 0.122 e. The fourth-order valence-corrected chi connectivity index (χ4v) is 2.59. The SMILES string of the molecule is CCc1ccc(OC)c([C@H](CCO)c2ccccc2)c1. The molecule has 0 spiro atoms. The molecule has 0 heterocycles. The maximum absolute atomic E-state index is 9.41. The summed E-state index contributed by atoms with van der Waals surface area (Å²) < 4.78 is 5.51. The third-order valence-corrected chi connectivity index (χ3v) is 3.70. The van der Waals surface area contributed by atoms with Crippen LogP contribution in [-0.4, -0.2) is 18.8 Å². The van der Waals surface area contributed by atoms with Gasteiger partial charge in [0, 0.05) is 18.1 Å². The minimum absolute atomic E-state index is 0.166. The van der Waals surface area contributed by atoms with Crippen molar-refractivity contribution < 1.29 is 9.84 Å². The number of hydrogen-bond donors (Lipinski definition) is 1. The molecule has 0 unspecified atom stereocenters. The largest absolute Gasteiger partial charge is 0.496 e. The van der Waals surface area contributed by atoms with Gasteiger partial charge in [0.05, 0.1) is 7.11 Å². The van der Waals surface area contributed by atoms with Gasteiger partial charge in [0.25, 0.3) is 0 Å². The lowest BCUT2D eigenvalue weighted by molar-refractivity contribution is 0.280. The van der Waals surface area contributed by atoms with E-state index >= 15 is 0 Å². The molecule has 0 aromatic heterocycles. The zero-order chi connectivity index (χ0) is 14.4. The van der Waals surface area contributed by atoms with Gasteiger partial charge in [-0.15, -0.1) is 0 Å². The molecule has 20 heavy (non-hydrogen) atoms. The van der Waals surface area contributed by atoms with E-state index in [-0.39, 0.29) is 12.5 Å². The van der Waals surface area contributed by atoms with Crippen LogP contribution >= 0.6 is 0 Å². The lowest BCUT2D eigenvalue weighted by Crippen LogP contribution is -2.06. The standard InChI is InChI=1S/C18H22O2/c1-3-14-9-10-18(20-2)17(13-14)16(11-12-19)15-7-5-4-6-8-15/h4-10,13,16,19H,3,11-12H2,1-2H3/t16-/m1/s1. The Morgan fingerprint density at radius 1 is 1.10 bits per heavy atom. The van der Waals surface area contributed by atoms with Crippen molar-refractivity contribution in [3.63, 3.8) is 0 Å². The number of aryl methyl sites for hydroxylation is 1. The molecular formula is C18H22O2. The van der Waals surface area contributed by atoms with Crippen LogP contribution in [0.3, 0.4) is 0 Å². The predicted octanol–water partition coefficient (Wildman–Crippen LogP) is 3.77. The highest BCUT2D eigenvalue weighted by Gasteiger charge is 2.18. The molecule has 0 saturated heterocycles. The van der Waals surface area contributed by atoms with E-state index in [1.165, 1.54) is 11.1 Å². The van der Waals surface area contributed by atoms with Crippen molar-refractivity contribution in [2.75, 3.05) is 13.7 Å². The molecule has 2 aromatic carbocycles. The second kappa shape index (κ2) is 7.11. The van der Waals surface area contributed by atoms with Crippen molar-refractivity contribution in [3.8, 4) is 5.75 Å². The summed E-state index contributed by atoms with van der Waals surface area (Å²) in [6.45, 7) is 2.31. The van der Waals surface area contributed by atoms with Crippen molar-refractivity contribution >= 4 is 0 Å². The summed E-state index contributed by atoms with van der Waals surface area (Å²) in [6.07, 6.45) is 1.70.